The summed E-state index contributed by atoms with van der Waals surface area (Å²) in [6.45, 7) is 5.81. The number of anilines is 1. The maximum absolute atomic E-state index is 12.5. The lowest BCUT2D eigenvalue weighted by molar-refractivity contribution is -0.110. The summed E-state index contributed by atoms with van der Waals surface area (Å²) >= 11 is 0. The molecule has 0 spiro atoms. The molecule has 140 valence electrons. The Morgan fingerprint density at radius 3 is 2.81 bits per heavy atom. The number of amides is 1. The Kier molecular flexibility index (Phi) is 5.11. The molecule has 0 saturated heterocycles. The molecule has 27 heavy (non-hydrogen) atoms. The van der Waals surface area contributed by atoms with Gasteiger partial charge in [0.05, 0.1) is 24.1 Å². The molecule has 0 aliphatic carbocycles. The van der Waals surface area contributed by atoms with Crippen molar-refractivity contribution in [2.75, 3.05) is 12.4 Å². The maximum atomic E-state index is 12.5. The van der Waals surface area contributed by atoms with Crippen LogP contribution >= 0.6 is 0 Å². The quantitative estimate of drug-likeness (QED) is 0.572. The monoisotopic (exact) mass is 364 g/mol. The zero-order valence-electron chi connectivity index (χ0n) is 16.0. The first-order valence-corrected chi connectivity index (χ1v) is 8.94. The van der Waals surface area contributed by atoms with Gasteiger partial charge in [-0.3, -0.25) is 4.79 Å². The number of ether oxygens (including phenoxy) is 1. The molecule has 1 aliphatic rings. The minimum atomic E-state index is -1.08. The molecule has 1 aromatic carbocycles. The van der Waals surface area contributed by atoms with E-state index in [2.05, 4.69) is 22.1 Å². The van der Waals surface area contributed by atoms with Gasteiger partial charge in [0.15, 0.2) is 0 Å². The van der Waals surface area contributed by atoms with Gasteiger partial charge < -0.3 is 20.1 Å². The number of aromatic amines is 1. The number of rotatable bonds is 4. The van der Waals surface area contributed by atoms with Gasteiger partial charge in [0, 0.05) is 17.3 Å². The van der Waals surface area contributed by atoms with Gasteiger partial charge in [0.25, 0.3) is 5.91 Å². The fraction of sp³-hybridized carbons (Fsp3) is 0.318. The molecule has 5 nitrogen and oxygen atoms in total. The normalized spacial score (nSPS) is 16.5. The van der Waals surface area contributed by atoms with E-state index < -0.39 is 5.60 Å². The average Bonchev–Trinajstić information content (AvgIpc) is 3.16. The predicted molar refractivity (Wildman–Crippen MR) is 107 cm³/mol. The standard InChI is InChI=1S/C22H24N2O3/c1-14(2)13-22(3,26)10-8-15-6-5-7-17-20(15)16(21(25)24-17)12-18-19(27-4)9-11-23-18/h5-7,9,11-12,14,23,26H,13H2,1-4H3,(H,24,25). The molecule has 0 saturated carbocycles. The Morgan fingerprint density at radius 2 is 2.11 bits per heavy atom. The van der Waals surface area contributed by atoms with E-state index in [0.717, 1.165) is 5.56 Å². The maximum Gasteiger partial charge on any atom is 0.256 e. The van der Waals surface area contributed by atoms with Crippen molar-refractivity contribution < 1.29 is 14.6 Å². The molecule has 0 radical (unpaired) electrons. The van der Waals surface area contributed by atoms with E-state index in [4.69, 9.17) is 4.74 Å². The molecule has 0 bridgehead atoms. The minimum absolute atomic E-state index is 0.190. The number of benzene rings is 1. The second kappa shape index (κ2) is 7.34. The molecule has 1 amide bonds. The number of nitrogens with one attached hydrogen (secondary N) is 2. The van der Waals surface area contributed by atoms with Gasteiger partial charge >= 0.3 is 0 Å². The van der Waals surface area contributed by atoms with Crippen LogP contribution in [0.1, 0.15) is 44.0 Å². The Hall–Kier alpha value is -2.97. The SMILES string of the molecule is COc1cc[nH]c1C=C1C(=O)Nc2cccc(C#CC(C)(O)CC(C)C)c21. The number of hydrogen-bond donors (Lipinski definition) is 3. The number of carbonyl (C=O) groups excluding carboxylic acids is 1. The van der Waals surface area contributed by atoms with Gasteiger partial charge in [-0.15, -0.1) is 0 Å². The van der Waals surface area contributed by atoms with Crippen LogP contribution < -0.4 is 10.1 Å². The van der Waals surface area contributed by atoms with E-state index in [0.29, 0.717) is 40.6 Å². The summed E-state index contributed by atoms with van der Waals surface area (Å²) in [7, 11) is 1.58. The van der Waals surface area contributed by atoms with Gasteiger partial charge in [0.2, 0.25) is 0 Å². The first-order chi connectivity index (χ1) is 12.8. The number of aliphatic hydroxyl groups is 1. The van der Waals surface area contributed by atoms with E-state index >= 15 is 0 Å². The molecule has 3 N–H and O–H groups in total. The highest BCUT2D eigenvalue weighted by Gasteiger charge is 2.27. The van der Waals surface area contributed by atoms with Crippen molar-refractivity contribution in [3.05, 3.63) is 47.3 Å². The largest absolute Gasteiger partial charge is 0.495 e. The van der Waals surface area contributed by atoms with Gasteiger partial charge in [-0.05, 0) is 43.5 Å². The van der Waals surface area contributed by atoms with E-state index in [1.807, 2.05) is 32.0 Å². The summed E-state index contributed by atoms with van der Waals surface area (Å²) in [6.07, 6.45) is 4.10. The van der Waals surface area contributed by atoms with Crippen molar-refractivity contribution in [2.45, 2.75) is 32.8 Å². The molecule has 1 unspecified atom stereocenters. The summed E-state index contributed by atoms with van der Waals surface area (Å²) in [5, 5.41) is 13.4. The van der Waals surface area contributed by atoms with Crippen molar-refractivity contribution >= 4 is 23.2 Å². The lowest BCUT2D eigenvalue weighted by Gasteiger charge is -2.18. The van der Waals surface area contributed by atoms with Crippen molar-refractivity contribution in [1.82, 2.24) is 4.98 Å². The van der Waals surface area contributed by atoms with Gasteiger partial charge in [0.1, 0.15) is 11.4 Å². The average molecular weight is 364 g/mol. The summed E-state index contributed by atoms with van der Waals surface area (Å²) in [5.41, 5.74) is 2.30. The van der Waals surface area contributed by atoms with Crippen LogP contribution in [-0.4, -0.2) is 28.7 Å². The lowest BCUT2D eigenvalue weighted by atomic mass is 9.93. The predicted octanol–water partition coefficient (Wildman–Crippen LogP) is 3.66. The summed E-state index contributed by atoms with van der Waals surface area (Å²) < 4.78 is 5.31. The molecule has 2 aromatic rings. The highest BCUT2D eigenvalue weighted by Crippen LogP contribution is 2.36. The minimum Gasteiger partial charge on any atom is -0.495 e. The van der Waals surface area contributed by atoms with Crippen LogP contribution in [0.15, 0.2) is 30.5 Å². The van der Waals surface area contributed by atoms with Gasteiger partial charge in [-0.25, -0.2) is 0 Å². The highest BCUT2D eigenvalue weighted by molar-refractivity contribution is 6.35. The van der Waals surface area contributed by atoms with E-state index in [1.165, 1.54) is 0 Å². The van der Waals surface area contributed by atoms with E-state index in [9.17, 15) is 9.90 Å². The van der Waals surface area contributed by atoms with E-state index in [-0.39, 0.29) is 5.91 Å². The van der Waals surface area contributed by atoms with Crippen LogP contribution in [0.5, 0.6) is 5.75 Å². The first-order valence-electron chi connectivity index (χ1n) is 8.94. The van der Waals surface area contributed by atoms with Crippen molar-refractivity contribution in [1.29, 1.82) is 0 Å². The second-order valence-electron chi connectivity index (χ2n) is 7.32. The van der Waals surface area contributed by atoms with Crippen LogP contribution in [-0.2, 0) is 4.79 Å². The number of hydrogen-bond acceptors (Lipinski definition) is 3. The topological polar surface area (TPSA) is 74.4 Å². The Morgan fingerprint density at radius 1 is 1.33 bits per heavy atom. The second-order valence-corrected chi connectivity index (χ2v) is 7.32. The third-order valence-electron chi connectivity index (χ3n) is 4.35. The number of H-pyrrole nitrogens is 1. The lowest BCUT2D eigenvalue weighted by Crippen LogP contribution is -2.23. The molecular weight excluding hydrogens is 340 g/mol. The van der Waals surface area contributed by atoms with Crippen LogP contribution in [0.3, 0.4) is 0 Å². The number of aromatic nitrogens is 1. The van der Waals surface area contributed by atoms with Crippen LogP contribution in [0.4, 0.5) is 5.69 Å². The van der Waals surface area contributed by atoms with Crippen LogP contribution in [0.2, 0.25) is 0 Å². The molecular formula is C22H24N2O3. The molecule has 1 aliphatic heterocycles. The molecule has 5 heteroatoms. The van der Waals surface area contributed by atoms with Crippen molar-refractivity contribution in [3.63, 3.8) is 0 Å². The Bertz CT molecular complexity index is 955. The Balaban J connectivity index is 2.05. The fourth-order valence-corrected chi connectivity index (χ4v) is 3.34. The summed E-state index contributed by atoms with van der Waals surface area (Å²) in [6, 6.07) is 7.35. The zero-order valence-corrected chi connectivity index (χ0v) is 16.0. The number of fused-ring (bicyclic) bond motifs is 1. The Labute approximate surface area is 159 Å². The zero-order chi connectivity index (χ0) is 19.6. The molecule has 3 rings (SSSR count). The van der Waals surface area contributed by atoms with Crippen molar-refractivity contribution in [2.24, 2.45) is 5.92 Å². The van der Waals surface area contributed by atoms with E-state index in [1.54, 1.807) is 32.4 Å². The molecule has 1 aromatic heterocycles. The highest BCUT2D eigenvalue weighted by atomic mass is 16.5. The smallest absolute Gasteiger partial charge is 0.256 e. The molecule has 1 atom stereocenters. The third-order valence-corrected chi connectivity index (χ3v) is 4.35. The number of methoxy groups -OCH3 is 1. The molecule has 0 fully saturated rings. The number of carbonyl (C=O) groups is 1. The van der Waals surface area contributed by atoms with Crippen molar-refractivity contribution in [3.8, 4) is 17.6 Å². The summed E-state index contributed by atoms with van der Waals surface area (Å²) in [5.74, 6) is 6.83. The third kappa shape index (κ3) is 4.07. The fourth-order valence-electron chi connectivity index (χ4n) is 3.34. The van der Waals surface area contributed by atoms with Crippen LogP contribution in [0.25, 0.3) is 11.6 Å². The van der Waals surface area contributed by atoms with Gasteiger partial charge in [-0.1, -0.05) is 31.8 Å². The summed E-state index contributed by atoms with van der Waals surface area (Å²) in [4.78, 5) is 15.6. The van der Waals surface area contributed by atoms with Gasteiger partial charge in [-0.2, -0.15) is 0 Å². The van der Waals surface area contributed by atoms with Crippen LogP contribution in [0, 0.1) is 17.8 Å². The molecule has 2 heterocycles. The first kappa shape index (κ1) is 18.8.